The predicted octanol–water partition coefficient (Wildman–Crippen LogP) is 3.31. The number of anilines is 2. The second-order valence-corrected chi connectivity index (χ2v) is 8.49. The number of nitriles is 1. The van der Waals surface area contributed by atoms with E-state index in [-0.39, 0.29) is 11.6 Å². The monoisotopic (exact) mass is 391 g/mol. The molecule has 1 heterocycles. The van der Waals surface area contributed by atoms with Crippen LogP contribution in [0.25, 0.3) is 0 Å². The van der Waals surface area contributed by atoms with E-state index in [0.29, 0.717) is 11.1 Å². The summed E-state index contributed by atoms with van der Waals surface area (Å²) >= 11 is 0. The van der Waals surface area contributed by atoms with Crippen LogP contribution >= 0.6 is 0 Å². The van der Waals surface area contributed by atoms with Crippen LogP contribution in [0.3, 0.4) is 0 Å². The first kappa shape index (κ1) is 20.9. The maximum atomic E-state index is 12.7. The van der Waals surface area contributed by atoms with Gasteiger partial charge in [0.15, 0.2) is 0 Å². The summed E-state index contributed by atoms with van der Waals surface area (Å²) in [6.07, 6.45) is 0. The molecule has 1 saturated heterocycles. The maximum Gasteiger partial charge on any atom is 0.494 e. The summed E-state index contributed by atoms with van der Waals surface area (Å²) in [7, 11) is -0.458. The van der Waals surface area contributed by atoms with Crippen molar-refractivity contribution in [1.29, 1.82) is 5.26 Å². The van der Waals surface area contributed by atoms with Crippen LogP contribution in [0.4, 0.5) is 11.4 Å². The number of aryl methyl sites for hydroxylation is 2. The smallest absolute Gasteiger partial charge is 0.399 e. The summed E-state index contributed by atoms with van der Waals surface area (Å²) in [4.78, 5) is 12.7. The van der Waals surface area contributed by atoms with Gasteiger partial charge in [-0.15, -0.1) is 0 Å². The summed E-state index contributed by atoms with van der Waals surface area (Å²) in [6.45, 7) is 11.9. The molecule has 3 rings (SSSR count). The van der Waals surface area contributed by atoms with Gasteiger partial charge in [0.2, 0.25) is 0 Å². The number of nitrogen functional groups attached to an aromatic ring is 1. The lowest BCUT2D eigenvalue weighted by molar-refractivity contribution is 0.00578. The molecule has 0 unspecified atom stereocenters. The van der Waals surface area contributed by atoms with Crippen molar-refractivity contribution in [2.45, 2.75) is 52.7 Å². The Hall–Kier alpha value is -2.82. The Morgan fingerprint density at radius 2 is 1.62 bits per heavy atom. The van der Waals surface area contributed by atoms with Crippen molar-refractivity contribution < 1.29 is 14.1 Å². The molecule has 0 atom stereocenters. The lowest BCUT2D eigenvalue weighted by Gasteiger charge is -2.32. The van der Waals surface area contributed by atoms with Gasteiger partial charge in [0, 0.05) is 11.3 Å². The van der Waals surface area contributed by atoms with E-state index in [0.717, 1.165) is 22.3 Å². The molecule has 0 radical (unpaired) electrons. The molecule has 0 spiro atoms. The lowest BCUT2D eigenvalue weighted by atomic mass is 9.77. The zero-order chi connectivity index (χ0) is 21.6. The van der Waals surface area contributed by atoms with Gasteiger partial charge in [0.1, 0.15) is 6.07 Å². The number of nitrogens with zero attached hydrogens (tertiary/aromatic N) is 1. The number of hydrogen-bond acceptors (Lipinski definition) is 5. The molecule has 0 bridgehead atoms. The summed E-state index contributed by atoms with van der Waals surface area (Å²) in [5, 5.41) is 11.9. The summed E-state index contributed by atoms with van der Waals surface area (Å²) < 4.78 is 12.3. The average molecular weight is 391 g/mol. The fourth-order valence-corrected chi connectivity index (χ4v) is 3.30. The van der Waals surface area contributed by atoms with Gasteiger partial charge in [-0.1, -0.05) is 12.1 Å². The van der Waals surface area contributed by atoms with E-state index >= 15 is 0 Å². The number of rotatable bonds is 3. The first-order valence-electron chi connectivity index (χ1n) is 9.53. The molecular weight excluding hydrogens is 365 g/mol. The number of nitrogens with two attached hydrogens (primary N) is 1. The lowest BCUT2D eigenvalue weighted by Crippen LogP contribution is -2.41. The third kappa shape index (κ3) is 3.86. The normalized spacial score (nSPS) is 17.1. The van der Waals surface area contributed by atoms with Gasteiger partial charge in [0.05, 0.1) is 22.5 Å². The topological polar surface area (TPSA) is 97.4 Å². The fourth-order valence-electron chi connectivity index (χ4n) is 3.30. The molecule has 6 nitrogen and oxygen atoms in total. The first-order valence-corrected chi connectivity index (χ1v) is 9.53. The van der Waals surface area contributed by atoms with Crippen LogP contribution in [-0.2, 0) is 9.31 Å². The second kappa shape index (κ2) is 7.22. The van der Waals surface area contributed by atoms with E-state index in [9.17, 15) is 4.79 Å². The Bertz CT molecular complexity index is 985. The molecule has 150 valence electrons. The number of hydrogen-bond donors (Lipinski definition) is 2. The van der Waals surface area contributed by atoms with Crippen molar-refractivity contribution in [3.05, 3.63) is 52.6 Å². The second-order valence-electron chi connectivity index (χ2n) is 8.49. The number of amides is 1. The van der Waals surface area contributed by atoms with Crippen LogP contribution in [0.1, 0.15) is 54.7 Å². The van der Waals surface area contributed by atoms with E-state index < -0.39 is 18.3 Å². The van der Waals surface area contributed by atoms with Crippen LogP contribution in [0.5, 0.6) is 0 Å². The fraction of sp³-hybridized carbons (Fsp3) is 0.364. The molecule has 2 aromatic carbocycles. The van der Waals surface area contributed by atoms with E-state index in [1.165, 1.54) is 6.07 Å². The third-order valence-electron chi connectivity index (χ3n) is 5.75. The average Bonchev–Trinajstić information content (AvgIpc) is 2.85. The van der Waals surface area contributed by atoms with Crippen molar-refractivity contribution in [2.75, 3.05) is 11.1 Å². The molecule has 29 heavy (non-hydrogen) atoms. The van der Waals surface area contributed by atoms with E-state index in [1.54, 1.807) is 12.1 Å². The molecule has 1 aliphatic rings. The molecule has 0 aliphatic carbocycles. The Morgan fingerprint density at radius 1 is 1.07 bits per heavy atom. The molecule has 1 fully saturated rings. The van der Waals surface area contributed by atoms with Crippen LogP contribution in [0.2, 0.25) is 0 Å². The zero-order valence-electron chi connectivity index (χ0n) is 17.7. The highest BCUT2D eigenvalue weighted by Crippen LogP contribution is 2.36. The van der Waals surface area contributed by atoms with Crippen molar-refractivity contribution >= 4 is 29.9 Å². The first-order chi connectivity index (χ1) is 13.4. The largest absolute Gasteiger partial charge is 0.494 e. The molecular formula is C22H26BN3O3. The summed E-state index contributed by atoms with van der Waals surface area (Å²) in [5.74, 6) is -0.282. The van der Waals surface area contributed by atoms with Gasteiger partial charge in [-0.05, 0) is 76.3 Å². The van der Waals surface area contributed by atoms with Gasteiger partial charge in [-0.3, -0.25) is 4.79 Å². The molecule has 3 N–H and O–H groups in total. The van der Waals surface area contributed by atoms with Crippen molar-refractivity contribution in [3.63, 3.8) is 0 Å². The van der Waals surface area contributed by atoms with Crippen molar-refractivity contribution in [1.82, 2.24) is 0 Å². The van der Waals surface area contributed by atoms with E-state index in [1.807, 2.05) is 59.7 Å². The van der Waals surface area contributed by atoms with Crippen molar-refractivity contribution in [3.8, 4) is 6.07 Å². The Morgan fingerprint density at radius 3 is 2.10 bits per heavy atom. The molecule has 0 saturated carbocycles. The van der Waals surface area contributed by atoms with Crippen LogP contribution in [0.15, 0.2) is 30.3 Å². The highest BCUT2D eigenvalue weighted by molar-refractivity contribution is 6.62. The Kier molecular flexibility index (Phi) is 5.20. The standard InChI is InChI=1S/C22H26BN3O3/c1-13-9-17(23-28-21(3,4)22(5,6)29-23)10-14(2)19(13)26-20(27)15-7-8-16(12-24)18(25)11-15/h7-11H,25H2,1-6H3,(H,26,27). The highest BCUT2D eigenvalue weighted by Gasteiger charge is 2.51. The van der Waals surface area contributed by atoms with E-state index in [2.05, 4.69) is 5.32 Å². The number of carbonyl (C=O) groups is 1. The Balaban J connectivity index is 1.84. The van der Waals surface area contributed by atoms with Gasteiger partial charge in [-0.2, -0.15) is 5.26 Å². The van der Waals surface area contributed by atoms with Crippen molar-refractivity contribution in [2.24, 2.45) is 0 Å². The van der Waals surface area contributed by atoms with Gasteiger partial charge < -0.3 is 20.4 Å². The third-order valence-corrected chi connectivity index (χ3v) is 5.75. The number of carbonyl (C=O) groups excluding carboxylic acids is 1. The van der Waals surface area contributed by atoms with Crippen LogP contribution < -0.4 is 16.5 Å². The number of benzene rings is 2. The zero-order valence-corrected chi connectivity index (χ0v) is 17.7. The summed E-state index contributed by atoms with van der Waals surface area (Å²) in [5.41, 5.74) is 9.49. The van der Waals surface area contributed by atoms with Gasteiger partial charge in [-0.25, -0.2) is 0 Å². The molecule has 1 amide bonds. The molecule has 2 aromatic rings. The van der Waals surface area contributed by atoms with Crippen LogP contribution in [0, 0.1) is 25.2 Å². The summed E-state index contributed by atoms with van der Waals surface area (Å²) in [6, 6.07) is 10.6. The predicted molar refractivity (Wildman–Crippen MR) is 115 cm³/mol. The molecule has 0 aromatic heterocycles. The Labute approximate surface area is 172 Å². The maximum absolute atomic E-state index is 12.7. The minimum atomic E-state index is -0.458. The highest BCUT2D eigenvalue weighted by atomic mass is 16.7. The minimum absolute atomic E-state index is 0.282. The quantitative estimate of drug-likeness (QED) is 0.618. The van der Waals surface area contributed by atoms with Gasteiger partial charge in [0.25, 0.3) is 5.91 Å². The molecule has 7 heteroatoms. The van der Waals surface area contributed by atoms with Gasteiger partial charge >= 0.3 is 7.12 Å². The minimum Gasteiger partial charge on any atom is -0.399 e. The SMILES string of the molecule is Cc1cc(B2OC(C)(C)C(C)(C)O2)cc(C)c1NC(=O)c1ccc(C#N)c(N)c1. The van der Waals surface area contributed by atoms with E-state index in [4.69, 9.17) is 20.3 Å². The number of nitrogens with one attached hydrogen (secondary N) is 1. The molecule has 1 aliphatic heterocycles. The van der Waals surface area contributed by atoms with Crippen LogP contribution in [-0.4, -0.2) is 24.2 Å².